The molecule has 4 heteroatoms. The molecule has 1 saturated carbocycles. The molecule has 1 aliphatic heterocycles. The van der Waals surface area contributed by atoms with E-state index in [0.717, 1.165) is 25.0 Å². The number of hydrogen-bond acceptors (Lipinski definition) is 2. The highest BCUT2D eigenvalue weighted by Crippen LogP contribution is 2.38. The second-order valence-corrected chi connectivity index (χ2v) is 5.45. The van der Waals surface area contributed by atoms with Gasteiger partial charge in [-0.3, -0.25) is 4.79 Å². The van der Waals surface area contributed by atoms with Crippen LogP contribution in [0.2, 0.25) is 5.02 Å². The molecule has 3 nitrogen and oxygen atoms in total. The molecule has 1 heterocycles. The summed E-state index contributed by atoms with van der Waals surface area (Å²) in [5.74, 6) is 0.582. The Labute approximate surface area is 111 Å². The molecule has 1 saturated heterocycles. The zero-order chi connectivity index (χ0) is 12.5. The number of hydrogen-bond donors (Lipinski definition) is 1. The van der Waals surface area contributed by atoms with Crippen molar-refractivity contribution in [1.29, 1.82) is 0 Å². The maximum absolute atomic E-state index is 11.9. The van der Waals surface area contributed by atoms with E-state index in [9.17, 15) is 4.79 Å². The quantitative estimate of drug-likeness (QED) is 0.910. The highest BCUT2D eigenvalue weighted by Gasteiger charge is 2.45. The Hall–Kier alpha value is -1.06. The summed E-state index contributed by atoms with van der Waals surface area (Å²) in [5.41, 5.74) is 0.884. The van der Waals surface area contributed by atoms with Gasteiger partial charge in [0, 0.05) is 23.6 Å². The van der Waals surface area contributed by atoms with E-state index in [4.69, 9.17) is 16.3 Å². The van der Waals surface area contributed by atoms with E-state index in [1.54, 1.807) is 0 Å². The monoisotopic (exact) mass is 265 g/mol. The van der Waals surface area contributed by atoms with Crippen molar-refractivity contribution in [2.24, 2.45) is 5.92 Å². The Morgan fingerprint density at radius 1 is 1.44 bits per heavy atom. The summed E-state index contributed by atoms with van der Waals surface area (Å²) in [6, 6.07) is 7.78. The minimum absolute atomic E-state index is 0.0541. The van der Waals surface area contributed by atoms with Gasteiger partial charge in [-0.2, -0.15) is 0 Å². The first-order valence-corrected chi connectivity index (χ1v) is 6.76. The van der Waals surface area contributed by atoms with Crippen molar-refractivity contribution in [3.8, 4) is 0 Å². The van der Waals surface area contributed by atoms with Gasteiger partial charge in [0.2, 0.25) is 5.91 Å². The molecule has 0 aromatic heterocycles. The Balaban J connectivity index is 1.55. The Morgan fingerprint density at radius 2 is 2.28 bits per heavy atom. The van der Waals surface area contributed by atoms with Gasteiger partial charge in [-0.05, 0) is 24.5 Å². The molecule has 1 amide bonds. The van der Waals surface area contributed by atoms with E-state index in [-0.39, 0.29) is 5.91 Å². The number of rotatable bonds is 3. The van der Waals surface area contributed by atoms with Crippen LogP contribution in [0.4, 0.5) is 0 Å². The van der Waals surface area contributed by atoms with Crippen molar-refractivity contribution in [3.05, 3.63) is 34.9 Å². The summed E-state index contributed by atoms with van der Waals surface area (Å²) in [6.45, 7) is 0.840. The van der Waals surface area contributed by atoms with Crippen LogP contribution >= 0.6 is 11.6 Å². The summed E-state index contributed by atoms with van der Waals surface area (Å²) in [7, 11) is 0. The number of halogens is 1. The van der Waals surface area contributed by atoms with Gasteiger partial charge in [-0.1, -0.05) is 29.8 Å². The van der Waals surface area contributed by atoms with Gasteiger partial charge in [0.1, 0.15) is 0 Å². The molecule has 2 fully saturated rings. The van der Waals surface area contributed by atoms with Crippen molar-refractivity contribution in [1.82, 2.24) is 5.32 Å². The van der Waals surface area contributed by atoms with Crippen molar-refractivity contribution in [3.63, 3.8) is 0 Å². The van der Waals surface area contributed by atoms with Crippen LogP contribution in [0.15, 0.2) is 24.3 Å². The molecular weight excluding hydrogens is 250 g/mol. The molecule has 1 aliphatic carbocycles. The minimum Gasteiger partial charge on any atom is -0.378 e. The topological polar surface area (TPSA) is 38.3 Å². The predicted molar refractivity (Wildman–Crippen MR) is 69.6 cm³/mol. The predicted octanol–water partition coefficient (Wildman–Crippen LogP) is 2.18. The minimum atomic E-state index is 0.0541. The molecule has 3 atom stereocenters. The lowest BCUT2D eigenvalue weighted by Crippen LogP contribution is -2.53. The fourth-order valence-corrected chi connectivity index (χ4v) is 3.04. The number of ether oxygens (including phenoxy) is 1. The number of benzene rings is 1. The number of carbonyl (C=O) groups excluding carboxylic acids is 1. The van der Waals surface area contributed by atoms with Crippen LogP contribution in [0.25, 0.3) is 0 Å². The molecule has 18 heavy (non-hydrogen) atoms. The largest absolute Gasteiger partial charge is 0.378 e. The number of amides is 1. The SMILES string of the molecule is O=C(Cc1ccccc1Cl)N[C@@H]1C[C@H]2OCC[C@@H]12. The van der Waals surface area contributed by atoms with Crippen LogP contribution in [0.1, 0.15) is 18.4 Å². The number of carbonyl (C=O) groups is 1. The highest BCUT2D eigenvalue weighted by atomic mass is 35.5. The van der Waals surface area contributed by atoms with Crippen LogP contribution in [-0.4, -0.2) is 24.7 Å². The zero-order valence-corrected chi connectivity index (χ0v) is 10.8. The molecule has 0 spiro atoms. The van der Waals surface area contributed by atoms with E-state index in [1.165, 1.54) is 0 Å². The Bertz CT molecular complexity index is 463. The third-order valence-electron chi connectivity index (χ3n) is 3.92. The molecule has 1 aromatic rings. The van der Waals surface area contributed by atoms with Crippen LogP contribution < -0.4 is 5.32 Å². The molecule has 2 aliphatic rings. The average Bonchev–Trinajstić information content (AvgIpc) is 2.71. The summed E-state index contributed by atoms with van der Waals surface area (Å²) >= 11 is 6.04. The van der Waals surface area contributed by atoms with Crippen molar-refractivity contribution < 1.29 is 9.53 Å². The van der Waals surface area contributed by atoms with E-state index in [1.807, 2.05) is 24.3 Å². The van der Waals surface area contributed by atoms with Gasteiger partial charge in [0.05, 0.1) is 12.5 Å². The van der Waals surface area contributed by atoms with E-state index >= 15 is 0 Å². The van der Waals surface area contributed by atoms with Gasteiger partial charge in [0.15, 0.2) is 0 Å². The third kappa shape index (κ3) is 2.25. The van der Waals surface area contributed by atoms with Crippen LogP contribution in [0.5, 0.6) is 0 Å². The van der Waals surface area contributed by atoms with E-state index < -0.39 is 0 Å². The van der Waals surface area contributed by atoms with Gasteiger partial charge in [-0.15, -0.1) is 0 Å². The van der Waals surface area contributed by atoms with Crippen LogP contribution in [0, 0.1) is 5.92 Å². The van der Waals surface area contributed by atoms with Gasteiger partial charge in [0.25, 0.3) is 0 Å². The summed E-state index contributed by atoms with van der Waals surface area (Å²) in [4.78, 5) is 11.9. The van der Waals surface area contributed by atoms with E-state index in [0.29, 0.717) is 29.5 Å². The van der Waals surface area contributed by atoms with E-state index in [2.05, 4.69) is 5.32 Å². The van der Waals surface area contributed by atoms with Crippen molar-refractivity contribution in [2.45, 2.75) is 31.4 Å². The van der Waals surface area contributed by atoms with Crippen LogP contribution in [0.3, 0.4) is 0 Å². The smallest absolute Gasteiger partial charge is 0.224 e. The Morgan fingerprint density at radius 3 is 3.06 bits per heavy atom. The molecule has 0 radical (unpaired) electrons. The van der Waals surface area contributed by atoms with Crippen molar-refractivity contribution >= 4 is 17.5 Å². The van der Waals surface area contributed by atoms with Gasteiger partial charge < -0.3 is 10.1 Å². The molecular formula is C14H16ClNO2. The second-order valence-electron chi connectivity index (χ2n) is 5.04. The maximum atomic E-state index is 11.9. The zero-order valence-electron chi connectivity index (χ0n) is 10.1. The lowest BCUT2D eigenvalue weighted by molar-refractivity contribution is -0.123. The Kier molecular flexibility index (Phi) is 3.27. The van der Waals surface area contributed by atoms with Gasteiger partial charge >= 0.3 is 0 Å². The first-order chi connectivity index (χ1) is 8.74. The number of nitrogens with one attached hydrogen (secondary N) is 1. The fraction of sp³-hybridized carbons (Fsp3) is 0.500. The highest BCUT2D eigenvalue weighted by molar-refractivity contribution is 6.31. The maximum Gasteiger partial charge on any atom is 0.224 e. The lowest BCUT2D eigenvalue weighted by Gasteiger charge is -2.39. The molecule has 1 aromatic carbocycles. The molecule has 0 unspecified atom stereocenters. The molecule has 96 valence electrons. The summed E-state index contributed by atoms with van der Waals surface area (Å²) in [6.07, 6.45) is 2.77. The average molecular weight is 266 g/mol. The number of fused-ring (bicyclic) bond motifs is 1. The van der Waals surface area contributed by atoms with Crippen molar-refractivity contribution in [2.75, 3.05) is 6.61 Å². The standard InChI is InChI=1S/C14H16ClNO2/c15-11-4-2-1-3-9(11)7-14(17)16-12-8-13-10(12)5-6-18-13/h1-4,10,12-13H,5-8H2,(H,16,17)/t10-,12+,13+/m0/s1. The normalized spacial score (nSPS) is 29.5. The third-order valence-corrected chi connectivity index (χ3v) is 4.29. The van der Waals surface area contributed by atoms with Crippen LogP contribution in [-0.2, 0) is 16.0 Å². The first-order valence-electron chi connectivity index (χ1n) is 6.38. The summed E-state index contributed by atoms with van der Waals surface area (Å²) in [5, 5.41) is 3.74. The molecule has 1 N–H and O–H groups in total. The second kappa shape index (κ2) is 4.90. The molecule has 0 bridgehead atoms. The van der Waals surface area contributed by atoms with Gasteiger partial charge in [-0.25, -0.2) is 0 Å². The molecule has 3 rings (SSSR count). The fourth-order valence-electron chi connectivity index (χ4n) is 2.84. The lowest BCUT2D eigenvalue weighted by atomic mass is 9.76. The first kappa shape index (κ1) is 12.0. The summed E-state index contributed by atoms with van der Waals surface area (Å²) < 4.78 is 5.53.